The van der Waals surface area contributed by atoms with E-state index in [0.717, 1.165) is 11.1 Å². The molecule has 0 aliphatic carbocycles. The Bertz CT molecular complexity index is 773. The zero-order chi connectivity index (χ0) is 17.8. The minimum atomic E-state index is -0.352. The summed E-state index contributed by atoms with van der Waals surface area (Å²) in [5.74, 6) is -0.530. The van der Waals surface area contributed by atoms with Crippen molar-refractivity contribution in [1.29, 1.82) is 0 Å². The van der Waals surface area contributed by atoms with Crippen LogP contribution in [0, 0.1) is 0 Å². The molecule has 2 aromatic rings. The number of carbonyl (C=O) groups excluding carboxylic acids is 2. The third-order valence-electron chi connectivity index (χ3n) is 4.21. The molecule has 5 heteroatoms. The lowest BCUT2D eigenvalue weighted by Gasteiger charge is -2.25. The summed E-state index contributed by atoms with van der Waals surface area (Å²) in [5.41, 5.74) is 2.83. The van der Waals surface area contributed by atoms with Crippen molar-refractivity contribution in [3.63, 3.8) is 0 Å². The predicted octanol–water partition coefficient (Wildman–Crippen LogP) is 2.91. The van der Waals surface area contributed by atoms with Crippen LogP contribution in [0.1, 0.15) is 44.9 Å². The zero-order valence-corrected chi connectivity index (χ0v) is 14.3. The molecule has 2 atom stereocenters. The van der Waals surface area contributed by atoms with Crippen molar-refractivity contribution < 1.29 is 19.1 Å². The number of fused-ring (bicyclic) bond motifs is 1. The largest absolute Gasteiger partial charge is 0.454 e. The summed E-state index contributed by atoms with van der Waals surface area (Å²) in [7, 11) is 1.59. The van der Waals surface area contributed by atoms with Gasteiger partial charge in [-0.3, -0.25) is 4.79 Å². The molecule has 1 amide bonds. The Morgan fingerprint density at radius 1 is 1.28 bits per heavy atom. The van der Waals surface area contributed by atoms with E-state index < -0.39 is 0 Å². The monoisotopic (exact) mass is 339 g/mol. The minimum Gasteiger partial charge on any atom is -0.454 e. The van der Waals surface area contributed by atoms with E-state index in [2.05, 4.69) is 5.32 Å². The molecule has 0 fully saturated rings. The van der Waals surface area contributed by atoms with Gasteiger partial charge in [-0.1, -0.05) is 30.3 Å². The van der Waals surface area contributed by atoms with Gasteiger partial charge in [-0.05, 0) is 36.2 Å². The molecule has 0 spiro atoms. The summed E-state index contributed by atoms with van der Waals surface area (Å²) < 4.78 is 10.6. The van der Waals surface area contributed by atoms with Gasteiger partial charge in [0.1, 0.15) is 6.10 Å². The molecule has 0 radical (unpaired) electrons. The van der Waals surface area contributed by atoms with Crippen LogP contribution in [0.25, 0.3) is 0 Å². The third kappa shape index (κ3) is 3.88. The van der Waals surface area contributed by atoms with E-state index in [9.17, 15) is 9.59 Å². The first kappa shape index (κ1) is 17.2. The molecule has 3 rings (SSSR count). The van der Waals surface area contributed by atoms with Crippen LogP contribution in [0.4, 0.5) is 0 Å². The van der Waals surface area contributed by atoms with E-state index in [-0.39, 0.29) is 24.0 Å². The van der Waals surface area contributed by atoms with E-state index in [1.807, 2.05) is 37.3 Å². The van der Waals surface area contributed by atoms with Crippen molar-refractivity contribution in [2.45, 2.75) is 25.5 Å². The highest BCUT2D eigenvalue weighted by atomic mass is 16.5. The summed E-state index contributed by atoms with van der Waals surface area (Å²) in [6.07, 6.45) is 0.228. The van der Waals surface area contributed by atoms with Crippen LogP contribution < -0.4 is 5.32 Å². The Kier molecular flexibility index (Phi) is 5.14. The lowest BCUT2D eigenvalue weighted by Crippen LogP contribution is -2.35. The van der Waals surface area contributed by atoms with Crippen molar-refractivity contribution in [1.82, 2.24) is 5.32 Å². The van der Waals surface area contributed by atoms with Crippen LogP contribution in [-0.4, -0.2) is 31.6 Å². The number of benzene rings is 2. The Labute approximate surface area is 147 Å². The molecule has 1 aliphatic rings. The fourth-order valence-electron chi connectivity index (χ4n) is 2.99. The van der Waals surface area contributed by atoms with Gasteiger partial charge in [0.2, 0.25) is 0 Å². The summed E-state index contributed by atoms with van der Waals surface area (Å²) in [5, 5.41) is 2.88. The molecule has 0 saturated carbocycles. The fraction of sp³-hybridized carbons (Fsp3) is 0.300. The maximum Gasteiger partial charge on any atom is 0.339 e. The van der Waals surface area contributed by atoms with Crippen molar-refractivity contribution in [3.05, 3.63) is 70.8 Å². The van der Waals surface area contributed by atoms with Gasteiger partial charge >= 0.3 is 5.97 Å². The highest BCUT2D eigenvalue weighted by Crippen LogP contribution is 2.31. The first-order valence-electron chi connectivity index (χ1n) is 8.27. The van der Waals surface area contributed by atoms with E-state index in [1.165, 1.54) is 0 Å². The molecule has 1 aliphatic heterocycles. The number of methoxy groups -OCH3 is 1. The number of amides is 1. The maximum atomic E-state index is 12.4. The van der Waals surface area contributed by atoms with E-state index in [4.69, 9.17) is 9.47 Å². The SMILES string of the molecule is COCC(C)NC(=O)c1ccc2c(c1)CC(c1ccccc1)OC2=O. The van der Waals surface area contributed by atoms with Crippen LogP contribution in [0.2, 0.25) is 0 Å². The number of hydrogen-bond donors (Lipinski definition) is 1. The first-order chi connectivity index (χ1) is 12.1. The molecule has 1 heterocycles. The van der Waals surface area contributed by atoms with Gasteiger partial charge in [0.05, 0.1) is 12.2 Å². The Morgan fingerprint density at radius 2 is 2.04 bits per heavy atom. The lowest BCUT2D eigenvalue weighted by molar-refractivity contribution is 0.0252. The van der Waals surface area contributed by atoms with Gasteiger partial charge in [0.25, 0.3) is 5.91 Å². The van der Waals surface area contributed by atoms with Crippen molar-refractivity contribution >= 4 is 11.9 Å². The second kappa shape index (κ2) is 7.49. The Hall–Kier alpha value is -2.66. The van der Waals surface area contributed by atoms with Gasteiger partial charge in [0, 0.05) is 25.1 Å². The lowest BCUT2D eigenvalue weighted by atomic mass is 9.93. The van der Waals surface area contributed by atoms with Gasteiger partial charge < -0.3 is 14.8 Å². The Balaban J connectivity index is 1.82. The molecule has 5 nitrogen and oxygen atoms in total. The van der Waals surface area contributed by atoms with Crippen molar-refractivity contribution in [2.75, 3.05) is 13.7 Å². The second-order valence-corrected chi connectivity index (χ2v) is 6.21. The average Bonchev–Trinajstić information content (AvgIpc) is 2.62. The Morgan fingerprint density at radius 3 is 2.76 bits per heavy atom. The number of nitrogens with one attached hydrogen (secondary N) is 1. The van der Waals surface area contributed by atoms with E-state index in [1.54, 1.807) is 25.3 Å². The van der Waals surface area contributed by atoms with Gasteiger partial charge in [-0.2, -0.15) is 0 Å². The smallest absolute Gasteiger partial charge is 0.339 e. The van der Waals surface area contributed by atoms with Crippen LogP contribution in [0.3, 0.4) is 0 Å². The molecule has 0 bridgehead atoms. The highest BCUT2D eigenvalue weighted by molar-refractivity contribution is 5.97. The molecule has 1 N–H and O–H groups in total. The summed E-state index contributed by atoms with van der Waals surface area (Å²) >= 11 is 0. The van der Waals surface area contributed by atoms with Gasteiger partial charge in [-0.15, -0.1) is 0 Å². The fourth-order valence-corrected chi connectivity index (χ4v) is 2.99. The quantitative estimate of drug-likeness (QED) is 0.851. The predicted molar refractivity (Wildman–Crippen MR) is 93.5 cm³/mol. The molecule has 2 aromatic carbocycles. The van der Waals surface area contributed by atoms with Crippen molar-refractivity contribution in [2.24, 2.45) is 0 Å². The molecule has 0 saturated heterocycles. The summed E-state index contributed by atoms with van der Waals surface area (Å²) in [6, 6.07) is 14.6. The standard InChI is InChI=1S/C20H21NO4/c1-13(12-24-2)21-19(22)15-8-9-17-16(10-15)11-18(25-20(17)23)14-6-4-3-5-7-14/h3-10,13,18H,11-12H2,1-2H3,(H,21,22). The number of rotatable bonds is 5. The third-order valence-corrected chi connectivity index (χ3v) is 4.21. The number of ether oxygens (including phenoxy) is 2. The summed E-state index contributed by atoms with van der Waals surface area (Å²) in [4.78, 5) is 24.6. The van der Waals surface area contributed by atoms with Crippen LogP contribution in [-0.2, 0) is 15.9 Å². The molecular weight excluding hydrogens is 318 g/mol. The highest BCUT2D eigenvalue weighted by Gasteiger charge is 2.28. The topological polar surface area (TPSA) is 64.6 Å². The van der Waals surface area contributed by atoms with Crippen LogP contribution in [0.5, 0.6) is 0 Å². The maximum absolute atomic E-state index is 12.4. The number of carbonyl (C=O) groups is 2. The zero-order valence-electron chi connectivity index (χ0n) is 14.3. The minimum absolute atomic E-state index is 0.0874. The summed E-state index contributed by atoms with van der Waals surface area (Å²) in [6.45, 7) is 2.32. The number of esters is 1. The number of hydrogen-bond acceptors (Lipinski definition) is 4. The normalized spacial score (nSPS) is 17.4. The van der Waals surface area contributed by atoms with Crippen LogP contribution in [0.15, 0.2) is 48.5 Å². The van der Waals surface area contributed by atoms with Crippen molar-refractivity contribution in [3.8, 4) is 0 Å². The second-order valence-electron chi connectivity index (χ2n) is 6.21. The van der Waals surface area contributed by atoms with Crippen LogP contribution >= 0.6 is 0 Å². The molecule has 2 unspecified atom stereocenters. The molecule has 25 heavy (non-hydrogen) atoms. The number of cyclic esters (lactones) is 1. The molecule has 130 valence electrons. The van der Waals surface area contributed by atoms with E-state index in [0.29, 0.717) is 24.2 Å². The molecular formula is C20H21NO4. The van der Waals surface area contributed by atoms with Gasteiger partial charge in [0.15, 0.2) is 0 Å². The molecule has 0 aromatic heterocycles. The average molecular weight is 339 g/mol. The first-order valence-corrected chi connectivity index (χ1v) is 8.27. The van der Waals surface area contributed by atoms with Gasteiger partial charge in [-0.25, -0.2) is 4.79 Å². The van der Waals surface area contributed by atoms with E-state index >= 15 is 0 Å².